The van der Waals surface area contributed by atoms with Gasteiger partial charge in [-0.3, -0.25) is 0 Å². The minimum Gasteiger partial charge on any atom is -0.483 e. The molecule has 0 unspecified atom stereocenters. The normalized spacial score (nSPS) is 12.6. The molecule has 3 aromatic rings. The first-order valence-electron chi connectivity index (χ1n) is 6.81. The Morgan fingerprint density at radius 2 is 1.85 bits per heavy atom. The molecule has 0 spiro atoms. The van der Waals surface area contributed by atoms with E-state index < -0.39 is 0 Å². The molecule has 0 fully saturated rings. The molecule has 0 aliphatic carbocycles. The van der Waals surface area contributed by atoms with E-state index in [0.29, 0.717) is 0 Å². The zero-order valence-corrected chi connectivity index (χ0v) is 12.0. The van der Waals surface area contributed by atoms with Crippen molar-refractivity contribution in [3.05, 3.63) is 59.4 Å². The van der Waals surface area contributed by atoms with Crippen molar-refractivity contribution in [1.82, 2.24) is 9.97 Å². The van der Waals surface area contributed by atoms with Gasteiger partial charge in [0.05, 0.1) is 11.0 Å². The fourth-order valence-electron chi connectivity index (χ4n) is 2.28. The Kier molecular flexibility index (Phi) is 3.18. The van der Waals surface area contributed by atoms with Gasteiger partial charge in [-0.15, -0.1) is 0 Å². The van der Waals surface area contributed by atoms with Crippen LogP contribution in [0.1, 0.15) is 30.0 Å². The molecule has 3 heteroatoms. The van der Waals surface area contributed by atoms with Gasteiger partial charge in [0.15, 0.2) is 6.10 Å². The Balaban J connectivity index is 1.86. The quantitative estimate of drug-likeness (QED) is 0.766. The van der Waals surface area contributed by atoms with E-state index in [1.54, 1.807) is 0 Å². The van der Waals surface area contributed by atoms with Gasteiger partial charge in [0.2, 0.25) is 0 Å². The number of hydrogen-bond acceptors (Lipinski definition) is 2. The number of aromatic amines is 1. The van der Waals surface area contributed by atoms with Crippen LogP contribution in [0.4, 0.5) is 0 Å². The number of rotatable bonds is 3. The highest BCUT2D eigenvalue weighted by molar-refractivity contribution is 5.75. The summed E-state index contributed by atoms with van der Waals surface area (Å²) < 4.78 is 5.95. The molecule has 0 aliphatic heterocycles. The third kappa shape index (κ3) is 2.52. The van der Waals surface area contributed by atoms with Crippen molar-refractivity contribution in [1.29, 1.82) is 0 Å². The molecule has 102 valence electrons. The summed E-state index contributed by atoms with van der Waals surface area (Å²) in [5.74, 6) is 1.72. The summed E-state index contributed by atoms with van der Waals surface area (Å²) in [5.41, 5.74) is 4.44. The van der Waals surface area contributed by atoms with Crippen LogP contribution in [0, 0.1) is 13.8 Å². The second-order valence-corrected chi connectivity index (χ2v) is 5.22. The highest BCUT2D eigenvalue weighted by Gasteiger charge is 2.12. The van der Waals surface area contributed by atoms with E-state index in [0.717, 1.165) is 22.6 Å². The molecule has 1 N–H and O–H groups in total. The number of fused-ring (bicyclic) bond motifs is 1. The van der Waals surface area contributed by atoms with Crippen LogP contribution in [0.3, 0.4) is 0 Å². The molecule has 3 rings (SSSR count). The first-order chi connectivity index (χ1) is 9.61. The lowest BCUT2D eigenvalue weighted by atomic mass is 10.2. The fourth-order valence-corrected chi connectivity index (χ4v) is 2.28. The van der Waals surface area contributed by atoms with Crippen LogP contribution in [-0.4, -0.2) is 9.97 Å². The van der Waals surface area contributed by atoms with Crippen LogP contribution in [0.15, 0.2) is 42.5 Å². The highest BCUT2D eigenvalue weighted by Crippen LogP contribution is 2.23. The zero-order valence-electron chi connectivity index (χ0n) is 12.0. The maximum absolute atomic E-state index is 5.95. The molecule has 1 aromatic heterocycles. The number of H-pyrrole nitrogens is 1. The van der Waals surface area contributed by atoms with Gasteiger partial charge in [-0.25, -0.2) is 4.98 Å². The molecular weight excluding hydrogens is 248 g/mol. The molecule has 0 aliphatic rings. The second-order valence-electron chi connectivity index (χ2n) is 5.22. The average molecular weight is 266 g/mol. The molecule has 1 atom stereocenters. The number of ether oxygens (including phenoxy) is 1. The average Bonchev–Trinajstić information content (AvgIpc) is 2.81. The Bertz CT molecular complexity index is 746. The standard InChI is InChI=1S/C17H18N2O/c1-11-5-4-6-14(9-11)20-13(3)17-18-15-8-7-12(2)10-16(15)19-17/h4-10,13H,1-3H3,(H,18,19)/t13-/m1/s1. The third-order valence-electron chi connectivity index (χ3n) is 3.34. The zero-order chi connectivity index (χ0) is 14.1. The first-order valence-corrected chi connectivity index (χ1v) is 6.81. The maximum Gasteiger partial charge on any atom is 0.153 e. The summed E-state index contributed by atoms with van der Waals surface area (Å²) in [5, 5.41) is 0. The predicted molar refractivity (Wildman–Crippen MR) is 81.1 cm³/mol. The van der Waals surface area contributed by atoms with Crippen molar-refractivity contribution in [2.75, 3.05) is 0 Å². The van der Waals surface area contributed by atoms with Crippen LogP contribution in [0.25, 0.3) is 11.0 Å². The van der Waals surface area contributed by atoms with Crippen LogP contribution < -0.4 is 4.74 Å². The van der Waals surface area contributed by atoms with Crippen molar-refractivity contribution in [3.8, 4) is 5.75 Å². The number of aromatic nitrogens is 2. The van der Waals surface area contributed by atoms with Gasteiger partial charge in [-0.2, -0.15) is 0 Å². The summed E-state index contributed by atoms with van der Waals surface area (Å²) in [7, 11) is 0. The van der Waals surface area contributed by atoms with E-state index in [9.17, 15) is 0 Å². The van der Waals surface area contributed by atoms with Crippen molar-refractivity contribution in [2.24, 2.45) is 0 Å². The maximum atomic E-state index is 5.95. The summed E-state index contributed by atoms with van der Waals surface area (Å²) in [4.78, 5) is 7.93. The number of hydrogen-bond donors (Lipinski definition) is 1. The number of imidazole rings is 1. The van der Waals surface area contributed by atoms with Gasteiger partial charge in [0.1, 0.15) is 11.6 Å². The van der Waals surface area contributed by atoms with Crippen molar-refractivity contribution >= 4 is 11.0 Å². The Labute approximate surface area is 118 Å². The van der Waals surface area contributed by atoms with Gasteiger partial charge >= 0.3 is 0 Å². The number of nitrogens with zero attached hydrogens (tertiary/aromatic N) is 1. The van der Waals surface area contributed by atoms with E-state index in [4.69, 9.17) is 4.74 Å². The van der Waals surface area contributed by atoms with Crippen LogP contribution in [0.2, 0.25) is 0 Å². The molecule has 0 amide bonds. The highest BCUT2D eigenvalue weighted by atomic mass is 16.5. The summed E-state index contributed by atoms with van der Waals surface area (Å²) in [6.45, 7) is 6.14. The lowest BCUT2D eigenvalue weighted by molar-refractivity contribution is 0.218. The summed E-state index contributed by atoms with van der Waals surface area (Å²) in [6, 6.07) is 14.3. The third-order valence-corrected chi connectivity index (χ3v) is 3.34. The monoisotopic (exact) mass is 266 g/mol. The van der Waals surface area contributed by atoms with Crippen LogP contribution >= 0.6 is 0 Å². The molecule has 0 bridgehead atoms. The number of benzene rings is 2. The van der Waals surface area contributed by atoms with Gasteiger partial charge in [-0.05, 0) is 56.2 Å². The van der Waals surface area contributed by atoms with Gasteiger partial charge < -0.3 is 9.72 Å². The molecule has 3 nitrogen and oxygen atoms in total. The van der Waals surface area contributed by atoms with Crippen LogP contribution in [-0.2, 0) is 0 Å². The number of aryl methyl sites for hydroxylation is 2. The topological polar surface area (TPSA) is 37.9 Å². The van der Waals surface area contributed by atoms with E-state index in [2.05, 4.69) is 42.0 Å². The molecule has 1 heterocycles. The number of nitrogens with one attached hydrogen (secondary N) is 1. The second kappa shape index (κ2) is 5.00. The molecule has 0 saturated carbocycles. The minimum absolute atomic E-state index is 0.107. The van der Waals surface area contributed by atoms with Crippen molar-refractivity contribution in [3.63, 3.8) is 0 Å². The lowest BCUT2D eigenvalue weighted by Crippen LogP contribution is -2.05. The van der Waals surface area contributed by atoms with E-state index >= 15 is 0 Å². The predicted octanol–water partition coefficient (Wildman–Crippen LogP) is 4.32. The van der Waals surface area contributed by atoms with Gasteiger partial charge in [0, 0.05) is 0 Å². The molecule has 0 radical (unpaired) electrons. The fraction of sp³-hybridized carbons (Fsp3) is 0.235. The molecular formula is C17H18N2O. The SMILES string of the molecule is Cc1cccc(O[C@H](C)c2nc3ccc(C)cc3[nH]2)c1. The summed E-state index contributed by atoms with van der Waals surface area (Å²) in [6.07, 6.45) is -0.107. The largest absolute Gasteiger partial charge is 0.483 e. The van der Waals surface area contributed by atoms with Crippen molar-refractivity contribution < 1.29 is 4.74 Å². The molecule has 2 aromatic carbocycles. The molecule has 0 saturated heterocycles. The van der Waals surface area contributed by atoms with E-state index in [1.165, 1.54) is 11.1 Å². The first kappa shape index (κ1) is 12.7. The van der Waals surface area contributed by atoms with Crippen molar-refractivity contribution in [2.45, 2.75) is 26.9 Å². The van der Waals surface area contributed by atoms with Crippen LogP contribution in [0.5, 0.6) is 5.75 Å². The smallest absolute Gasteiger partial charge is 0.153 e. The Morgan fingerprint density at radius 1 is 1.05 bits per heavy atom. The van der Waals surface area contributed by atoms with E-state index in [-0.39, 0.29) is 6.10 Å². The molecule has 20 heavy (non-hydrogen) atoms. The Morgan fingerprint density at radius 3 is 2.65 bits per heavy atom. The lowest BCUT2D eigenvalue weighted by Gasteiger charge is -2.12. The Hall–Kier alpha value is -2.29. The van der Waals surface area contributed by atoms with Gasteiger partial charge in [-0.1, -0.05) is 18.2 Å². The van der Waals surface area contributed by atoms with E-state index in [1.807, 2.05) is 31.2 Å². The minimum atomic E-state index is -0.107. The van der Waals surface area contributed by atoms with Gasteiger partial charge in [0.25, 0.3) is 0 Å². The summed E-state index contributed by atoms with van der Waals surface area (Å²) >= 11 is 0.